The Labute approximate surface area is 69.5 Å². The summed E-state index contributed by atoms with van der Waals surface area (Å²) in [5.74, 6) is 5.43. The average molecular weight is 159 g/mol. The Hall–Kier alpha value is -2.07. The molecule has 0 atom stereocenters. The second kappa shape index (κ2) is 3.95. The number of hydrogen-bond donors (Lipinski definition) is 1. The zero-order valence-corrected chi connectivity index (χ0v) is 6.15. The van der Waals surface area contributed by atoms with Crippen molar-refractivity contribution in [3.63, 3.8) is 0 Å². The monoisotopic (exact) mass is 159 g/mol. The molecule has 1 aromatic rings. The van der Waals surface area contributed by atoms with Crippen molar-refractivity contribution in [2.45, 2.75) is 6.42 Å². The average Bonchev–Trinajstić information content (AvgIpc) is 2.09. The third-order valence-electron chi connectivity index (χ3n) is 1.01. The quantitative estimate of drug-likeness (QED) is 0.558. The van der Waals surface area contributed by atoms with Gasteiger partial charge in [0.1, 0.15) is 0 Å². The fourth-order valence-corrected chi connectivity index (χ4v) is 0.549. The maximum Gasteiger partial charge on any atom is 0.205 e. The van der Waals surface area contributed by atoms with Crippen LogP contribution in [-0.2, 0) is 0 Å². The number of rotatable bonds is 0. The van der Waals surface area contributed by atoms with Gasteiger partial charge in [-0.25, -0.2) is 9.97 Å². The van der Waals surface area contributed by atoms with Crippen molar-refractivity contribution < 1.29 is 5.11 Å². The third kappa shape index (κ3) is 2.28. The van der Waals surface area contributed by atoms with Crippen molar-refractivity contribution in [2.75, 3.05) is 0 Å². The lowest BCUT2D eigenvalue weighted by Gasteiger charge is -1.88. The van der Waals surface area contributed by atoms with Crippen LogP contribution < -0.4 is 0 Å². The maximum absolute atomic E-state index is 8.80. The maximum atomic E-state index is 8.80. The zero-order valence-electron chi connectivity index (χ0n) is 6.15. The highest BCUT2D eigenvalue weighted by atomic mass is 16.3. The molecule has 0 spiro atoms. The van der Waals surface area contributed by atoms with Gasteiger partial charge in [0.15, 0.2) is 5.75 Å². The topological polar surface area (TPSA) is 69.8 Å². The number of nitriles is 1. The first kappa shape index (κ1) is 8.03. The minimum absolute atomic E-state index is 0.000771. The number of hydrogen-bond acceptors (Lipinski definition) is 4. The van der Waals surface area contributed by atoms with Crippen LogP contribution in [0, 0.1) is 23.2 Å². The highest BCUT2D eigenvalue weighted by Crippen LogP contribution is 2.00. The molecule has 0 aliphatic heterocycles. The van der Waals surface area contributed by atoms with Crippen molar-refractivity contribution in [1.82, 2.24) is 9.97 Å². The minimum atomic E-state index is 0.000771. The van der Waals surface area contributed by atoms with Gasteiger partial charge in [0, 0.05) is 0 Å². The van der Waals surface area contributed by atoms with Crippen LogP contribution in [0.1, 0.15) is 12.2 Å². The lowest BCUT2D eigenvalue weighted by molar-refractivity contribution is 0.469. The molecule has 0 aromatic carbocycles. The molecule has 0 bridgehead atoms. The zero-order chi connectivity index (χ0) is 8.81. The summed E-state index contributed by atoms with van der Waals surface area (Å²) in [6.45, 7) is 0. The summed E-state index contributed by atoms with van der Waals surface area (Å²) in [6, 6.07) is 1.87. The molecule has 1 aromatic heterocycles. The number of aromatic nitrogens is 2. The Bertz CT molecular complexity index is 353. The molecule has 58 valence electrons. The molecule has 1 rings (SSSR count). The molecular weight excluding hydrogens is 154 g/mol. The first-order valence-corrected chi connectivity index (χ1v) is 3.20. The summed E-state index contributed by atoms with van der Waals surface area (Å²) >= 11 is 0. The normalized spacial score (nSPS) is 7.92. The predicted molar refractivity (Wildman–Crippen MR) is 40.8 cm³/mol. The van der Waals surface area contributed by atoms with Crippen LogP contribution in [-0.4, -0.2) is 15.1 Å². The van der Waals surface area contributed by atoms with E-state index in [0.29, 0.717) is 5.82 Å². The minimum Gasteiger partial charge on any atom is -0.505 e. The predicted octanol–water partition coefficient (Wildman–Crippen LogP) is 0.447. The van der Waals surface area contributed by atoms with Crippen LogP contribution in [0.4, 0.5) is 0 Å². The van der Waals surface area contributed by atoms with Gasteiger partial charge in [-0.2, -0.15) is 5.26 Å². The van der Waals surface area contributed by atoms with E-state index in [4.69, 9.17) is 10.4 Å². The summed E-state index contributed by atoms with van der Waals surface area (Å²) in [6.07, 6.45) is 2.66. The van der Waals surface area contributed by atoms with Gasteiger partial charge in [-0.05, 0) is 5.92 Å². The molecule has 4 nitrogen and oxygen atoms in total. The third-order valence-corrected chi connectivity index (χ3v) is 1.01. The van der Waals surface area contributed by atoms with Crippen LogP contribution in [0.3, 0.4) is 0 Å². The largest absolute Gasteiger partial charge is 0.505 e. The van der Waals surface area contributed by atoms with Gasteiger partial charge in [-0.3, -0.25) is 0 Å². The van der Waals surface area contributed by atoms with Crippen molar-refractivity contribution in [1.29, 1.82) is 5.26 Å². The Kier molecular flexibility index (Phi) is 2.64. The first-order chi connectivity index (χ1) is 5.83. The summed E-state index contributed by atoms with van der Waals surface area (Å²) in [7, 11) is 0. The number of nitrogens with zero attached hydrogens (tertiary/aromatic N) is 3. The van der Waals surface area contributed by atoms with E-state index in [-0.39, 0.29) is 12.2 Å². The molecule has 1 N–H and O–H groups in total. The summed E-state index contributed by atoms with van der Waals surface area (Å²) < 4.78 is 0. The Balaban J connectivity index is 2.74. The molecule has 1 heterocycles. The van der Waals surface area contributed by atoms with Gasteiger partial charge in [0.2, 0.25) is 5.82 Å². The lowest BCUT2D eigenvalue weighted by Crippen LogP contribution is -1.85. The Morgan fingerprint density at radius 2 is 2.08 bits per heavy atom. The van der Waals surface area contributed by atoms with E-state index in [2.05, 4.69) is 21.8 Å². The van der Waals surface area contributed by atoms with Gasteiger partial charge >= 0.3 is 0 Å². The fourth-order valence-electron chi connectivity index (χ4n) is 0.549. The molecule has 4 heteroatoms. The van der Waals surface area contributed by atoms with E-state index in [1.54, 1.807) is 0 Å². The molecular formula is C8H5N3O. The summed E-state index contributed by atoms with van der Waals surface area (Å²) in [5.41, 5.74) is 0. The lowest BCUT2D eigenvalue weighted by atomic mass is 10.4. The molecule has 0 unspecified atom stereocenters. The van der Waals surface area contributed by atoms with Crippen molar-refractivity contribution >= 4 is 0 Å². The molecule has 0 amide bonds. The van der Waals surface area contributed by atoms with Crippen LogP contribution in [0.25, 0.3) is 0 Å². The van der Waals surface area contributed by atoms with E-state index < -0.39 is 0 Å². The molecule has 0 fully saturated rings. The molecule has 0 saturated carbocycles. The van der Waals surface area contributed by atoms with Crippen molar-refractivity contribution in [3.8, 4) is 23.7 Å². The second-order valence-corrected chi connectivity index (χ2v) is 1.90. The molecule has 0 aliphatic carbocycles. The molecule has 0 saturated heterocycles. The van der Waals surface area contributed by atoms with Gasteiger partial charge < -0.3 is 5.11 Å². The van der Waals surface area contributed by atoms with Gasteiger partial charge in [-0.1, -0.05) is 5.92 Å². The SMILES string of the molecule is N#CCC#Cc1ncc(O)cn1. The van der Waals surface area contributed by atoms with E-state index in [1.165, 1.54) is 12.4 Å². The standard InChI is InChI=1S/C8H5N3O/c9-4-2-1-3-8-10-5-7(12)6-11-8/h5-6,12H,2H2. The Morgan fingerprint density at radius 1 is 1.42 bits per heavy atom. The van der Waals surface area contributed by atoms with Crippen molar-refractivity contribution in [3.05, 3.63) is 18.2 Å². The molecule has 0 radical (unpaired) electrons. The van der Waals surface area contributed by atoms with E-state index in [9.17, 15) is 0 Å². The van der Waals surface area contributed by atoms with E-state index in [0.717, 1.165) is 0 Å². The Morgan fingerprint density at radius 3 is 2.67 bits per heavy atom. The smallest absolute Gasteiger partial charge is 0.205 e. The van der Waals surface area contributed by atoms with Crippen LogP contribution in [0.15, 0.2) is 12.4 Å². The highest BCUT2D eigenvalue weighted by Gasteiger charge is 1.89. The van der Waals surface area contributed by atoms with Crippen LogP contribution in [0.5, 0.6) is 5.75 Å². The van der Waals surface area contributed by atoms with Gasteiger partial charge in [0.25, 0.3) is 0 Å². The first-order valence-electron chi connectivity index (χ1n) is 3.20. The van der Waals surface area contributed by atoms with E-state index >= 15 is 0 Å². The highest BCUT2D eigenvalue weighted by molar-refractivity contribution is 5.23. The van der Waals surface area contributed by atoms with Crippen molar-refractivity contribution in [2.24, 2.45) is 0 Å². The second-order valence-electron chi connectivity index (χ2n) is 1.90. The number of aromatic hydroxyl groups is 1. The summed E-state index contributed by atoms with van der Waals surface area (Å²) in [5, 5.41) is 17.0. The summed E-state index contributed by atoms with van der Waals surface area (Å²) in [4.78, 5) is 7.41. The van der Waals surface area contributed by atoms with E-state index in [1.807, 2.05) is 6.07 Å². The van der Waals surface area contributed by atoms with Crippen LogP contribution >= 0.6 is 0 Å². The molecule has 12 heavy (non-hydrogen) atoms. The van der Waals surface area contributed by atoms with Gasteiger partial charge in [0.05, 0.1) is 24.9 Å². The van der Waals surface area contributed by atoms with Gasteiger partial charge in [-0.15, -0.1) is 0 Å². The fraction of sp³-hybridized carbons (Fsp3) is 0.125. The van der Waals surface area contributed by atoms with Crippen LogP contribution in [0.2, 0.25) is 0 Å². The molecule has 0 aliphatic rings.